The van der Waals surface area contributed by atoms with Gasteiger partial charge in [-0.25, -0.2) is 4.98 Å². The molecule has 7 heteroatoms. The molecule has 1 aliphatic carbocycles. The Bertz CT molecular complexity index is 425. The van der Waals surface area contributed by atoms with Crippen molar-refractivity contribution >= 4 is 11.3 Å². The highest BCUT2D eigenvalue weighted by Crippen LogP contribution is 2.40. The van der Waals surface area contributed by atoms with Crippen LogP contribution in [0.3, 0.4) is 0 Å². The number of nitrogens with two attached hydrogens (primary N) is 1. The molecule has 0 aromatic carbocycles. The lowest BCUT2D eigenvalue weighted by atomic mass is 9.77. The van der Waals surface area contributed by atoms with Crippen LogP contribution in [0.4, 0.5) is 13.2 Å². The topological polar surface area (TPSA) is 50.9 Å². The third-order valence-corrected chi connectivity index (χ3v) is 4.94. The van der Waals surface area contributed by atoms with Crippen LogP contribution in [0.15, 0.2) is 5.38 Å². The van der Waals surface area contributed by atoms with Crippen molar-refractivity contribution in [3.05, 3.63) is 16.1 Å². The summed E-state index contributed by atoms with van der Waals surface area (Å²) in [5, 5.41) is 2.98. The van der Waals surface area contributed by atoms with Crippen LogP contribution < -0.4 is 11.3 Å². The molecule has 0 bridgehead atoms. The van der Waals surface area contributed by atoms with Gasteiger partial charge in [0, 0.05) is 17.8 Å². The van der Waals surface area contributed by atoms with Gasteiger partial charge in [-0.2, -0.15) is 13.2 Å². The van der Waals surface area contributed by atoms with Gasteiger partial charge < -0.3 is 0 Å². The molecule has 1 unspecified atom stereocenters. The summed E-state index contributed by atoms with van der Waals surface area (Å²) in [7, 11) is 0. The van der Waals surface area contributed by atoms with Gasteiger partial charge in [0.25, 0.3) is 0 Å². The molecule has 1 atom stereocenters. The number of aryl methyl sites for hydroxylation is 1. The van der Waals surface area contributed by atoms with Gasteiger partial charge in [-0.1, -0.05) is 0 Å². The van der Waals surface area contributed by atoms with Crippen LogP contribution in [0, 0.1) is 18.8 Å². The number of nitrogens with one attached hydrogen (secondary N) is 1. The molecule has 3 nitrogen and oxygen atoms in total. The third-order valence-electron chi connectivity index (χ3n) is 4.11. The number of halogens is 3. The fourth-order valence-electron chi connectivity index (χ4n) is 2.94. The van der Waals surface area contributed by atoms with Gasteiger partial charge >= 0.3 is 6.18 Å². The van der Waals surface area contributed by atoms with E-state index in [9.17, 15) is 13.2 Å². The summed E-state index contributed by atoms with van der Waals surface area (Å²) in [6.07, 6.45) is -1.81. The van der Waals surface area contributed by atoms with Crippen LogP contribution in [-0.4, -0.2) is 17.2 Å². The van der Waals surface area contributed by atoms with Crippen LogP contribution in [-0.2, 0) is 6.42 Å². The van der Waals surface area contributed by atoms with E-state index in [-0.39, 0.29) is 24.8 Å². The lowest BCUT2D eigenvalue weighted by Crippen LogP contribution is -2.44. The number of thiazole rings is 1. The van der Waals surface area contributed by atoms with Crippen molar-refractivity contribution in [2.75, 3.05) is 0 Å². The Morgan fingerprint density at radius 1 is 1.40 bits per heavy atom. The highest BCUT2D eigenvalue weighted by Gasteiger charge is 2.42. The van der Waals surface area contributed by atoms with Crippen molar-refractivity contribution in [3.8, 4) is 0 Å². The molecule has 3 N–H and O–H groups in total. The van der Waals surface area contributed by atoms with Gasteiger partial charge in [0.2, 0.25) is 0 Å². The second-order valence-corrected chi connectivity index (χ2v) is 6.55. The first-order valence-corrected chi connectivity index (χ1v) is 7.72. The van der Waals surface area contributed by atoms with Gasteiger partial charge in [-0.15, -0.1) is 11.3 Å². The number of hydrogen-bond donors (Lipinski definition) is 2. The standard InChI is InChI=1S/C13H20F3N3S/c1-8-18-11(7-20-8)6-12(19-17)9-2-4-10(5-3-9)13(14,15)16/h7,9-10,12,19H,2-6,17H2,1H3. The average molecular weight is 307 g/mol. The van der Waals surface area contributed by atoms with Crippen molar-refractivity contribution in [2.45, 2.75) is 51.2 Å². The van der Waals surface area contributed by atoms with Gasteiger partial charge in [-0.3, -0.25) is 11.3 Å². The molecule has 114 valence electrons. The molecule has 1 heterocycles. The minimum atomic E-state index is -4.05. The molecule has 1 saturated carbocycles. The Kier molecular flexibility index (Phi) is 5.04. The summed E-state index contributed by atoms with van der Waals surface area (Å²) in [6, 6.07) is 0.00526. The SMILES string of the molecule is Cc1nc(CC(NN)C2CCC(C(F)(F)F)CC2)cs1. The molecule has 2 rings (SSSR count). The Morgan fingerprint density at radius 2 is 2.05 bits per heavy atom. The fraction of sp³-hybridized carbons (Fsp3) is 0.769. The second-order valence-electron chi connectivity index (χ2n) is 5.49. The molecule has 0 spiro atoms. The molecule has 0 aliphatic heterocycles. The zero-order valence-electron chi connectivity index (χ0n) is 11.4. The van der Waals surface area contributed by atoms with Crippen LogP contribution in [0.5, 0.6) is 0 Å². The molecular weight excluding hydrogens is 287 g/mol. The van der Waals surface area contributed by atoms with Crippen molar-refractivity contribution in [1.82, 2.24) is 10.4 Å². The van der Waals surface area contributed by atoms with Crippen LogP contribution >= 0.6 is 11.3 Å². The van der Waals surface area contributed by atoms with E-state index in [2.05, 4.69) is 10.4 Å². The lowest BCUT2D eigenvalue weighted by molar-refractivity contribution is -0.184. The molecular formula is C13H20F3N3S. The quantitative estimate of drug-likeness (QED) is 0.663. The van der Waals surface area contributed by atoms with E-state index >= 15 is 0 Å². The van der Waals surface area contributed by atoms with Gasteiger partial charge in [0.15, 0.2) is 0 Å². The van der Waals surface area contributed by atoms with Crippen molar-refractivity contribution in [3.63, 3.8) is 0 Å². The van der Waals surface area contributed by atoms with Crippen LogP contribution in [0.1, 0.15) is 36.4 Å². The maximum atomic E-state index is 12.7. The number of hydrazine groups is 1. The predicted molar refractivity (Wildman–Crippen MR) is 73.2 cm³/mol. The molecule has 1 aromatic rings. The molecule has 0 saturated heterocycles. The van der Waals surface area contributed by atoms with Crippen molar-refractivity contribution in [1.29, 1.82) is 0 Å². The van der Waals surface area contributed by atoms with Crippen LogP contribution in [0.25, 0.3) is 0 Å². The summed E-state index contributed by atoms with van der Waals surface area (Å²) in [6.45, 7) is 1.94. The van der Waals surface area contributed by atoms with Gasteiger partial charge in [0.05, 0.1) is 16.6 Å². The number of hydrogen-bond acceptors (Lipinski definition) is 4. The van der Waals surface area contributed by atoms with Gasteiger partial charge in [0.1, 0.15) is 0 Å². The van der Waals surface area contributed by atoms with E-state index in [0.29, 0.717) is 19.3 Å². The molecule has 1 aromatic heterocycles. The van der Waals surface area contributed by atoms with Crippen molar-refractivity contribution < 1.29 is 13.2 Å². The molecule has 20 heavy (non-hydrogen) atoms. The number of rotatable bonds is 4. The minimum absolute atomic E-state index is 0.00526. The zero-order valence-corrected chi connectivity index (χ0v) is 12.2. The van der Waals surface area contributed by atoms with Crippen LogP contribution in [0.2, 0.25) is 0 Å². The van der Waals surface area contributed by atoms with Crippen molar-refractivity contribution in [2.24, 2.45) is 17.7 Å². The number of alkyl halides is 3. The summed E-state index contributed by atoms with van der Waals surface area (Å²) >= 11 is 1.58. The predicted octanol–water partition coefficient (Wildman–Crippen LogP) is 3.19. The second kappa shape index (κ2) is 6.41. The first-order chi connectivity index (χ1) is 9.40. The minimum Gasteiger partial charge on any atom is -0.271 e. The lowest BCUT2D eigenvalue weighted by Gasteiger charge is -2.34. The number of aromatic nitrogens is 1. The van der Waals surface area contributed by atoms with E-state index in [0.717, 1.165) is 10.7 Å². The molecule has 1 aliphatic rings. The van der Waals surface area contributed by atoms with Gasteiger partial charge in [-0.05, 0) is 38.5 Å². The molecule has 0 radical (unpaired) electrons. The highest BCUT2D eigenvalue weighted by atomic mass is 32.1. The Labute approximate surface area is 120 Å². The Hall–Kier alpha value is -0.660. The largest absolute Gasteiger partial charge is 0.391 e. The monoisotopic (exact) mass is 307 g/mol. The maximum Gasteiger partial charge on any atom is 0.391 e. The average Bonchev–Trinajstić information content (AvgIpc) is 2.81. The van der Waals surface area contributed by atoms with E-state index in [1.807, 2.05) is 12.3 Å². The number of nitrogens with zero attached hydrogens (tertiary/aromatic N) is 1. The molecule has 0 amide bonds. The third kappa shape index (κ3) is 3.93. The highest BCUT2D eigenvalue weighted by molar-refractivity contribution is 7.09. The zero-order chi connectivity index (χ0) is 14.8. The summed E-state index contributed by atoms with van der Waals surface area (Å²) in [5.74, 6) is 4.64. The summed E-state index contributed by atoms with van der Waals surface area (Å²) in [5.41, 5.74) is 3.73. The van der Waals surface area contributed by atoms with E-state index in [1.54, 1.807) is 11.3 Å². The fourth-order valence-corrected chi connectivity index (χ4v) is 3.56. The molecule has 1 fully saturated rings. The normalized spacial score (nSPS) is 25.6. The van der Waals surface area contributed by atoms with E-state index < -0.39 is 12.1 Å². The first kappa shape index (κ1) is 15.7. The van der Waals surface area contributed by atoms with E-state index in [1.165, 1.54) is 0 Å². The summed E-state index contributed by atoms with van der Waals surface area (Å²) in [4.78, 5) is 4.39. The first-order valence-electron chi connectivity index (χ1n) is 6.84. The maximum absolute atomic E-state index is 12.7. The summed E-state index contributed by atoms with van der Waals surface area (Å²) < 4.78 is 38.0. The Balaban J connectivity index is 1.90. The smallest absolute Gasteiger partial charge is 0.271 e. The Morgan fingerprint density at radius 3 is 2.50 bits per heavy atom. The van der Waals surface area contributed by atoms with E-state index in [4.69, 9.17) is 5.84 Å².